The number of hydrogen-bond acceptors (Lipinski definition) is 6. The molecule has 2 aromatic carbocycles. The lowest BCUT2D eigenvalue weighted by Gasteiger charge is -2.07. The topological polar surface area (TPSA) is 87.3 Å². The van der Waals surface area contributed by atoms with E-state index >= 15 is 0 Å². The molecule has 1 heterocycles. The average Bonchev–Trinajstić information content (AvgIpc) is 2.60. The lowest BCUT2D eigenvalue weighted by atomic mass is 10.1. The lowest BCUT2D eigenvalue weighted by Crippen LogP contribution is -2.11. The van der Waals surface area contributed by atoms with Gasteiger partial charge in [0.05, 0.1) is 19.0 Å². The number of carbonyl (C=O) groups is 1. The van der Waals surface area contributed by atoms with Gasteiger partial charge in [-0.15, -0.1) is 0 Å². The van der Waals surface area contributed by atoms with Crippen LogP contribution in [0, 0.1) is 5.82 Å². The van der Waals surface area contributed by atoms with Gasteiger partial charge in [0.25, 0.3) is 0 Å². The Morgan fingerprint density at radius 1 is 1.20 bits per heavy atom. The van der Waals surface area contributed by atoms with Crippen molar-refractivity contribution < 1.29 is 18.7 Å². The molecular formula is C18H16FN3O3. The number of esters is 1. The molecule has 0 unspecified atom stereocenters. The molecule has 0 spiro atoms. The number of anilines is 1. The minimum absolute atomic E-state index is 0.0655. The maximum absolute atomic E-state index is 13.6. The van der Waals surface area contributed by atoms with Crippen molar-refractivity contribution in [2.45, 2.75) is 13.0 Å². The summed E-state index contributed by atoms with van der Waals surface area (Å²) in [7, 11) is 1.38. The molecule has 0 saturated carbocycles. The van der Waals surface area contributed by atoms with Crippen LogP contribution in [0.5, 0.6) is 5.75 Å². The Hall–Kier alpha value is -3.22. The minimum atomic E-state index is -0.529. The van der Waals surface area contributed by atoms with Crippen molar-refractivity contribution in [2.24, 2.45) is 0 Å². The van der Waals surface area contributed by atoms with Crippen LogP contribution < -0.4 is 10.5 Å². The maximum atomic E-state index is 13.6. The highest BCUT2D eigenvalue weighted by atomic mass is 19.1. The van der Waals surface area contributed by atoms with E-state index < -0.39 is 11.8 Å². The number of benzene rings is 2. The summed E-state index contributed by atoms with van der Waals surface area (Å²) in [5.41, 5.74) is 7.05. The molecule has 0 atom stereocenters. The molecule has 0 aliphatic heterocycles. The van der Waals surface area contributed by atoms with Crippen LogP contribution in [0.1, 0.15) is 11.4 Å². The first-order valence-corrected chi connectivity index (χ1v) is 7.56. The molecule has 128 valence electrons. The second-order valence-corrected chi connectivity index (χ2v) is 5.35. The van der Waals surface area contributed by atoms with Crippen molar-refractivity contribution in [3.8, 4) is 5.75 Å². The van der Waals surface area contributed by atoms with Gasteiger partial charge in [-0.2, -0.15) is 0 Å². The highest BCUT2D eigenvalue weighted by Crippen LogP contribution is 2.19. The first kappa shape index (κ1) is 16.6. The van der Waals surface area contributed by atoms with Gasteiger partial charge in [-0.05, 0) is 29.8 Å². The number of methoxy groups -OCH3 is 1. The monoisotopic (exact) mass is 341 g/mol. The molecule has 0 saturated heterocycles. The van der Waals surface area contributed by atoms with E-state index in [1.807, 2.05) is 18.2 Å². The summed E-state index contributed by atoms with van der Waals surface area (Å²) in [4.78, 5) is 20.4. The van der Waals surface area contributed by atoms with Gasteiger partial charge >= 0.3 is 5.97 Å². The summed E-state index contributed by atoms with van der Waals surface area (Å²) in [5.74, 6) is -0.283. The fourth-order valence-corrected chi connectivity index (χ4v) is 2.40. The zero-order valence-corrected chi connectivity index (χ0v) is 13.5. The molecule has 0 aliphatic rings. The second kappa shape index (κ2) is 7.12. The van der Waals surface area contributed by atoms with Crippen LogP contribution in [0.15, 0.2) is 42.5 Å². The first-order valence-electron chi connectivity index (χ1n) is 7.56. The summed E-state index contributed by atoms with van der Waals surface area (Å²) < 4.78 is 23.6. The SMILES string of the molecule is COc1ccc(CC(=O)OCc2nc(N)c3ccccc3n2)cc1F. The number of carbonyl (C=O) groups excluding carboxylic acids is 1. The van der Waals surface area contributed by atoms with Crippen molar-refractivity contribution >= 4 is 22.7 Å². The minimum Gasteiger partial charge on any atom is -0.494 e. The number of ether oxygens (including phenoxy) is 2. The quantitative estimate of drug-likeness (QED) is 0.718. The Kier molecular flexibility index (Phi) is 4.74. The van der Waals surface area contributed by atoms with E-state index in [2.05, 4.69) is 9.97 Å². The molecule has 25 heavy (non-hydrogen) atoms. The van der Waals surface area contributed by atoms with E-state index in [0.717, 1.165) is 5.39 Å². The van der Waals surface area contributed by atoms with Crippen LogP contribution in [0.4, 0.5) is 10.2 Å². The van der Waals surface area contributed by atoms with E-state index in [-0.39, 0.29) is 18.8 Å². The number of aromatic nitrogens is 2. The third kappa shape index (κ3) is 3.82. The standard InChI is InChI=1S/C18H16FN3O3/c1-24-15-7-6-11(8-13(15)19)9-17(23)25-10-16-21-14-5-3-2-4-12(14)18(20)22-16/h2-8H,9-10H2,1H3,(H2,20,21,22). The molecule has 0 fully saturated rings. The van der Waals surface area contributed by atoms with Crippen molar-refractivity contribution in [2.75, 3.05) is 12.8 Å². The number of nitrogens with zero attached hydrogens (tertiary/aromatic N) is 2. The van der Waals surface area contributed by atoms with Gasteiger partial charge in [-0.3, -0.25) is 4.79 Å². The number of para-hydroxylation sites is 1. The Morgan fingerprint density at radius 3 is 2.76 bits per heavy atom. The van der Waals surface area contributed by atoms with Gasteiger partial charge < -0.3 is 15.2 Å². The fourth-order valence-electron chi connectivity index (χ4n) is 2.40. The molecule has 3 aromatic rings. The third-order valence-corrected chi connectivity index (χ3v) is 3.61. The van der Waals surface area contributed by atoms with Gasteiger partial charge in [-0.1, -0.05) is 18.2 Å². The van der Waals surface area contributed by atoms with Gasteiger partial charge in [-0.25, -0.2) is 14.4 Å². The van der Waals surface area contributed by atoms with Gasteiger partial charge in [0.2, 0.25) is 0 Å². The Morgan fingerprint density at radius 2 is 2.00 bits per heavy atom. The normalized spacial score (nSPS) is 10.6. The van der Waals surface area contributed by atoms with Crippen LogP contribution >= 0.6 is 0 Å². The van der Waals surface area contributed by atoms with Crippen LogP contribution in [-0.4, -0.2) is 23.0 Å². The third-order valence-electron chi connectivity index (χ3n) is 3.61. The summed E-state index contributed by atoms with van der Waals surface area (Å²) in [6.07, 6.45) is -0.0655. The number of rotatable bonds is 5. The molecule has 7 heteroatoms. The summed E-state index contributed by atoms with van der Waals surface area (Å²) in [5, 5.41) is 0.742. The number of fused-ring (bicyclic) bond motifs is 1. The summed E-state index contributed by atoms with van der Waals surface area (Å²) in [6, 6.07) is 11.6. The predicted octanol–water partition coefficient (Wildman–Crippen LogP) is 2.65. The number of halogens is 1. The molecule has 0 bridgehead atoms. The van der Waals surface area contributed by atoms with Crippen molar-refractivity contribution in [1.82, 2.24) is 9.97 Å². The van der Waals surface area contributed by atoms with Crippen LogP contribution in [0.3, 0.4) is 0 Å². The molecule has 0 aliphatic carbocycles. The number of nitrogens with two attached hydrogens (primary N) is 1. The predicted molar refractivity (Wildman–Crippen MR) is 90.4 cm³/mol. The first-order chi connectivity index (χ1) is 12.1. The molecule has 6 nitrogen and oxygen atoms in total. The van der Waals surface area contributed by atoms with E-state index in [4.69, 9.17) is 15.2 Å². The van der Waals surface area contributed by atoms with Crippen LogP contribution in [0.25, 0.3) is 10.9 Å². The van der Waals surface area contributed by atoms with Gasteiger partial charge in [0, 0.05) is 5.39 Å². The molecule has 3 rings (SSSR count). The zero-order valence-electron chi connectivity index (χ0n) is 13.5. The fraction of sp³-hybridized carbons (Fsp3) is 0.167. The van der Waals surface area contributed by atoms with Gasteiger partial charge in [0.15, 0.2) is 24.0 Å². The molecular weight excluding hydrogens is 325 g/mol. The lowest BCUT2D eigenvalue weighted by molar-refractivity contribution is -0.144. The Balaban J connectivity index is 1.65. The highest BCUT2D eigenvalue weighted by Gasteiger charge is 2.11. The van der Waals surface area contributed by atoms with Gasteiger partial charge in [0.1, 0.15) is 5.82 Å². The van der Waals surface area contributed by atoms with Crippen molar-refractivity contribution in [3.63, 3.8) is 0 Å². The second-order valence-electron chi connectivity index (χ2n) is 5.35. The van der Waals surface area contributed by atoms with Crippen molar-refractivity contribution in [3.05, 3.63) is 59.7 Å². The van der Waals surface area contributed by atoms with Crippen LogP contribution in [-0.2, 0) is 22.6 Å². The molecule has 0 radical (unpaired) electrons. The molecule has 1 aromatic heterocycles. The van der Waals surface area contributed by atoms with E-state index in [9.17, 15) is 9.18 Å². The maximum Gasteiger partial charge on any atom is 0.310 e. The summed E-state index contributed by atoms with van der Waals surface area (Å²) >= 11 is 0. The van der Waals surface area contributed by atoms with E-state index in [1.54, 1.807) is 12.1 Å². The van der Waals surface area contributed by atoms with E-state index in [0.29, 0.717) is 22.7 Å². The van der Waals surface area contributed by atoms with Crippen LogP contribution in [0.2, 0.25) is 0 Å². The molecule has 2 N–H and O–H groups in total. The smallest absolute Gasteiger partial charge is 0.310 e. The average molecular weight is 341 g/mol. The Bertz CT molecular complexity index is 931. The van der Waals surface area contributed by atoms with E-state index in [1.165, 1.54) is 19.2 Å². The molecule has 0 amide bonds. The summed E-state index contributed by atoms with van der Waals surface area (Å²) in [6.45, 7) is -0.105. The van der Waals surface area contributed by atoms with Crippen molar-refractivity contribution in [1.29, 1.82) is 0 Å². The largest absolute Gasteiger partial charge is 0.494 e. The highest BCUT2D eigenvalue weighted by molar-refractivity contribution is 5.87. The number of hydrogen-bond donors (Lipinski definition) is 1. The number of nitrogen functional groups attached to an aromatic ring is 1. The Labute approximate surface area is 143 Å². The zero-order chi connectivity index (χ0) is 17.8.